The van der Waals surface area contributed by atoms with Crippen molar-refractivity contribution in [1.82, 2.24) is 4.98 Å². The molecule has 0 bridgehead atoms. The van der Waals surface area contributed by atoms with E-state index in [2.05, 4.69) is 4.98 Å². The summed E-state index contributed by atoms with van der Waals surface area (Å²) in [6.45, 7) is 0.0610. The van der Waals surface area contributed by atoms with E-state index in [9.17, 15) is 9.59 Å². The number of carbonyl (C=O) groups excluding carboxylic acids is 2. The Balaban J connectivity index is 1.75. The molecule has 7 nitrogen and oxygen atoms in total. The number of Topliss-reactive ketones (excluding diaryl/α,β-unsaturated/α-hetero) is 1. The van der Waals surface area contributed by atoms with Crippen LogP contribution in [-0.4, -0.2) is 37.6 Å². The summed E-state index contributed by atoms with van der Waals surface area (Å²) < 4.78 is 21.3. The summed E-state index contributed by atoms with van der Waals surface area (Å²) >= 11 is 0. The third kappa shape index (κ3) is 5.35. The lowest BCUT2D eigenvalue weighted by molar-refractivity contribution is 0.0600. The smallest absolute Gasteiger partial charge is 0.337 e. The molecule has 0 aliphatic carbocycles. The quantitative estimate of drug-likeness (QED) is 0.395. The standard InChI is InChI=1S/C23H21NO6/c1-27-22-11-9-18(13-24-22)19(25)15-30-21-12-17(23(26)28-2)8-10-20(21)29-14-16-6-4-3-5-7-16/h3-13H,14-15H2,1-2H3. The Morgan fingerprint density at radius 1 is 0.867 bits per heavy atom. The molecule has 0 aliphatic rings. The Morgan fingerprint density at radius 2 is 1.63 bits per heavy atom. The number of hydrogen-bond donors (Lipinski definition) is 0. The minimum atomic E-state index is -0.514. The molecule has 2 aromatic carbocycles. The van der Waals surface area contributed by atoms with Gasteiger partial charge in [0.05, 0.1) is 19.8 Å². The number of pyridine rings is 1. The lowest BCUT2D eigenvalue weighted by atomic mass is 10.2. The van der Waals surface area contributed by atoms with Crippen molar-refractivity contribution in [2.24, 2.45) is 0 Å². The monoisotopic (exact) mass is 407 g/mol. The average molecular weight is 407 g/mol. The molecular formula is C23H21NO6. The summed E-state index contributed by atoms with van der Waals surface area (Å²) in [5.74, 6) is 0.299. The summed E-state index contributed by atoms with van der Waals surface area (Å²) in [5, 5.41) is 0. The van der Waals surface area contributed by atoms with Crippen LogP contribution in [-0.2, 0) is 11.3 Å². The first kappa shape index (κ1) is 20.9. The first-order chi connectivity index (χ1) is 14.6. The van der Waals surface area contributed by atoms with Crippen LogP contribution in [0, 0.1) is 0 Å². The summed E-state index contributed by atoms with van der Waals surface area (Å²) in [7, 11) is 2.79. The Kier molecular flexibility index (Phi) is 7.00. The molecule has 30 heavy (non-hydrogen) atoms. The molecule has 0 amide bonds. The van der Waals surface area contributed by atoms with E-state index in [1.54, 1.807) is 24.3 Å². The van der Waals surface area contributed by atoms with Crippen molar-refractivity contribution in [2.45, 2.75) is 6.61 Å². The Morgan fingerprint density at radius 3 is 2.30 bits per heavy atom. The molecule has 1 aromatic heterocycles. The summed E-state index contributed by atoms with van der Waals surface area (Å²) in [6, 6.07) is 17.5. The van der Waals surface area contributed by atoms with Gasteiger partial charge in [-0.15, -0.1) is 0 Å². The SMILES string of the molecule is COC(=O)c1ccc(OCc2ccccc2)c(OCC(=O)c2ccc(OC)nc2)c1. The number of benzene rings is 2. The third-order valence-corrected chi connectivity index (χ3v) is 4.23. The average Bonchev–Trinajstić information content (AvgIpc) is 2.81. The second-order valence-electron chi connectivity index (χ2n) is 6.23. The highest BCUT2D eigenvalue weighted by molar-refractivity contribution is 5.97. The van der Waals surface area contributed by atoms with E-state index in [0.717, 1.165) is 5.56 Å². The highest BCUT2D eigenvalue weighted by Crippen LogP contribution is 2.30. The molecule has 154 valence electrons. The normalized spacial score (nSPS) is 10.2. The van der Waals surface area contributed by atoms with E-state index in [1.165, 1.54) is 26.5 Å². The van der Waals surface area contributed by atoms with E-state index in [1.807, 2.05) is 30.3 Å². The van der Waals surface area contributed by atoms with Gasteiger partial charge in [-0.2, -0.15) is 0 Å². The van der Waals surface area contributed by atoms with Gasteiger partial charge in [0, 0.05) is 17.8 Å². The molecule has 0 radical (unpaired) electrons. The van der Waals surface area contributed by atoms with Crippen LogP contribution in [0.15, 0.2) is 66.9 Å². The minimum absolute atomic E-state index is 0.250. The van der Waals surface area contributed by atoms with E-state index >= 15 is 0 Å². The predicted molar refractivity (Wildman–Crippen MR) is 109 cm³/mol. The van der Waals surface area contributed by atoms with Gasteiger partial charge in [0.2, 0.25) is 11.7 Å². The number of methoxy groups -OCH3 is 2. The van der Waals surface area contributed by atoms with Crippen molar-refractivity contribution in [2.75, 3.05) is 20.8 Å². The van der Waals surface area contributed by atoms with Crippen LogP contribution in [0.3, 0.4) is 0 Å². The molecule has 0 spiro atoms. The van der Waals surface area contributed by atoms with E-state index in [0.29, 0.717) is 23.8 Å². The summed E-state index contributed by atoms with van der Waals surface area (Å²) in [6.07, 6.45) is 1.42. The van der Waals surface area contributed by atoms with Crippen molar-refractivity contribution in [3.8, 4) is 17.4 Å². The molecule has 0 fully saturated rings. The largest absolute Gasteiger partial charge is 0.485 e. The number of nitrogens with zero attached hydrogens (tertiary/aromatic N) is 1. The van der Waals surface area contributed by atoms with Gasteiger partial charge < -0.3 is 18.9 Å². The Hall–Kier alpha value is -3.87. The van der Waals surface area contributed by atoms with Gasteiger partial charge in [-0.3, -0.25) is 4.79 Å². The molecule has 3 rings (SSSR count). The molecule has 0 saturated heterocycles. The number of hydrogen-bond acceptors (Lipinski definition) is 7. The lowest BCUT2D eigenvalue weighted by Crippen LogP contribution is -2.13. The van der Waals surface area contributed by atoms with Crippen molar-refractivity contribution in [1.29, 1.82) is 0 Å². The molecule has 0 saturated carbocycles. The second-order valence-corrected chi connectivity index (χ2v) is 6.23. The highest BCUT2D eigenvalue weighted by Gasteiger charge is 2.15. The van der Waals surface area contributed by atoms with Gasteiger partial charge >= 0.3 is 5.97 Å². The fourth-order valence-corrected chi connectivity index (χ4v) is 2.61. The van der Waals surface area contributed by atoms with Crippen LogP contribution in [0.2, 0.25) is 0 Å². The topological polar surface area (TPSA) is 84.0 Å². The van der Waals surface area contributed by atoms with Crippen molar-refractivity contribution >= 4 is 11.8 Å². The van der Waals surface area contributed by atoms with Crippen LogP contribution >= 0.6 is 0 Å². The number of aromatic nitrogens is 1. The van der Waals surface area contributed by atoms with Crippen LogP contribution < -0.4 is 14.2 Å². The lowest BCUT2D eigenvalue weighted by Gasteiger charge is -2.14. The maximum Gasteiger partial charge on any atom is 0.337 e. The second kappa shape index (κ2) is 10.1. The number of rotatable bonds is 9. The first-order valence-corrected chi connectivity index (χ1v) is 9.16. The molecule has 0 N–H and O–H groups in total. The third-order valence-electron chi connectivity index (χ3n) is 4.23. The van der Waals surface area contributed by atoms with Gasteiger partial charge in [0.15, 0.2) is 18.1 Å². The number of carbonyl (C=O) groups is 2. The van der Waals surface area contributed by atoms with Crippen molar-refractivity contribution in [3.63, 3.8) is 0 Å². The number of ether oxygens (including phenoxy) is 4. The minimum Gasteiger partial charge on any atom is -0.485 e. The zero-order valence-corrected chi connectivity index (χ0v) is 16.7. The maximum atomic E-state index is 12.4. The van der Waals surface area contributed by atoms with E-state index in [4.69, 9.17) is 18.9 Å². The Bertz CT molecular complexity index is 1000. The van der Waals surface area contributed by atoms with Crippen molar-refractivity contribution < 1.29 is 28.5 Å². The molecular weight excluding hydrogens is 386 g/mol. The zero-order valence-electron chi connectivity index (χ0n) is 16.7. The molecule has 3 aromatic rings. The van der Waals surface area contributed by atoms with Gasteiger partial charge in [-0.25, -0.2) is 9.78 Å². The maximum absolute atomic E-state index is 12.4. The summed E-state index contributed by atoms with van der Waals surface area (Å²) in [4.78, 5) is 28.3. The van der Waals surface area contributed by atoms with Crippen LogP contribution in [0.25, 0.3) is 0 Å². The molecule has 0 aliphatic heterocycles. The molecule has 1 heterocycles. The molecule has 0 atom stereocenters. The van der Waals surface area contributed by atoms with Crippen LogP contribution in [0.5, 0.6) is 17.4 Å². The number of esters is 1. The van der Waals surface area contributed by atoms with Gasteiger partial charge in [-0.05, 0) is 29.8 Å². The van der Waals surface area contributed by atoms with Gasteiger partial charge in [-0.1, -0.05) is 30.3 Å². The zero-order chi connectivity index (χ0) is 21.3. The fourth-order valence-electron chi connectivity index (χ4n) is 2.61. The molecule has 0 unspecified atom stereocenters. The fraction of sp³-hybridized carbons (Fsp3) is 0.174. The van der Waals surface area contributed by atoms with Gasteiger partial charge in [0.1, 0.15) is 6.61 Å². The molecule has 7 heteroatoms. The highest BCUT2D eigenvalue weighted by atomic mass is 16.5. The predicted octanol–water partition coefficient (Wildman–Crippen LogP) is 3.72. The van der Waals surface area contributed by atoms with Crippen LogP contribution in [0.4, 0.5) is 0 Å². The van der Waals surface area contributed by atoms with E-state index < -0.39 is 5.97 Å². The van der Waals surface area contributed by atoms with E-state index in [-0.39, 0.29) is 23.7 Å². The Labute approximate surface area is 174 Å². The summed E-state index contributed by atoms with van der Waals surface area (Å²) in [5.41, 5.74) is 1.64. The van der Waals surface area contributed by atoms with Crippen LogP contribution in [0.1, 0.15) is 26.3 Å². The first-order valence-electron chi connectivity index (χ1n) is 9.16. The van der Waals surface area contributed by atoms with Crippen molar-refractivity contribution in [3.05, 3.63) is 83.6 Å². The number of ketones is 1. The van der Waals surface area contributed by atoms with Gasteiger partial charge in [0.25, 0.3) is 0 Å².